The molecule has 0 bridgehead atoms. The molecule has 0 aliphatic heterocycles. The van der Waals surface area contributed by atoms with Gasteiger partial charge in [0.1, 0.15) is 22.2 Å². The number of rotatable bonds is 0. The van der Waals surface area contributed by atoms with E-state index in [1.165, 1.54) is 0 Å². The molecule has 1 aliphatic carbocycles. The third-order valence-electron chi connectivity index (χ3n) is 5.68. The van der Waals surface area contributed by atoms with E-state index in [9.17, 15) is 14.7 Å². The molecule has 0 saturated carbocycles. The molecular formula is C21H9N7O3. The highest BCUT2D eigenvalue weighted by Gasteiger charge is 2.29. The lowest BCUT2D eigenvalue weighted by molar-refractivity contribution is 0.103. The highest BCUT2D eigenvalue weighted by atomic mass is 16.3. The molecule has 1 N–H and O–H groups in total. The predicted molar refractivity (Wildman–Crippen MR) is 109 cm³/mol. The van der Waals surface area contributed by atoms with Crippen LogP contribution in [0.2, 0.25) is 0 Å². The minimum Gasteiger partial charge on any atom is -0.506 e. The smallest absolute Gasteiger partial charge is 0.286 e. The molecule has 146 valence electrons. The number of aliphatic hydroxyl groups is 1. The van der Waals surface area contributed by atoms with Crippen molar-refractivity contribution in [3.05, 3.63) is 80.9 Å². The molecule has 6 aromatic rings. The van der Waals surface area contributed by atoms with Gasteiger partial charge in [-0.05, 0) is 16.5 Å². The zero-order chi connectivity index (χ0) is 20.9. The maximum atomic E-state index is 13.4. The molecule has 0 fully saturated rings. The summed E-state index contributed by atoms with van der Waals surface area (Å²) in [4.78, 5) is 31.0. The molecule has 1 aliphatic rings. The van der Waals surface area contributed by atoms with E-state index in [4.69, 9.17) is 0 Å². The van der Waals surface area contributed by atoms with Crippen LogP contribution in [-0.2, 0) is 0 Å². The predicted octanol–water partition coefficient (Wildman–Crippen LogP) is 0.811. The number of aromatic nitrogens is 7. The first-order chi connectivity index (χ1) is 15.1. The number of ketones is 1. The fraction of sp³-hybridized carbons (Fsp3) is 0. The number of hydrogen-bond donors (Lipinski definition) is 1. The van der Waals surface area contributed by atoms with Crippen LogP contribution < -0.4 is 10.8 Å². The van der Waals surface area contributed by atoms with E-state index < -0.39 is 11.3 Å². The fourth-order valence-corrected chi connectivity index (χ4v) is 4.31. The van der Waals surface area contributed by atoms with E-state index in [-0.39, 0.29) is 27.9 Å². The Kier molecular flexibility index (Phi) is 2.73. The zero-order valence-electron chi connectivity index (χ0n) is 15.5. The Bertz CT molecular complexity index is 1900. The van der Waals surface area contributed by atoms with Gasteiger partial charge in [-0.15, -0.1) is 5.10 Å². The molecular weight excluding hydrogens is 398 g/mol. The van der Waals surface area contributed by atoms with Crippen molar-refractivity contribution >= 4 is 44.6 Å². The number of pyridine rings is 1. The molecule has 10 nitrogen and oxygen atoms in total. The number of carbonyl (C=O) groups is 1. The third kappa shape index (κ3) is 1.80. The van der Waals surface area contributed by atoms with Gasteiger partial charge in [-0.1, -0.05) is 42.5 Å². The molecule has 4 aromatic heterocycles. The minimum absolute atomic E-state index is 0.116. The van der Waals surface area contributed by atoms with Crippen molar-refractivity contribution in [3.63, 3.8) is 0 Å². The maximum Gasteiger partial charge on any atom is 0.286 e. The van der Waals surface area contributed by atoms with Crippen LogP contribution in [0.15, 0.2) is 53.3 Å². The number of hydrogen-bond acceptors (Lipinski definition) is 8. The molecule has 0 atom stereocenters. The average molecular weight is 407 g/mol. The summed E-state index contributed by atoms with van der Waals surface area (Å²) in [6.45, 7) is 0. The number of benzene rings is 2. The van der Waals surface area contributed by atoms with E-state index in [0.717, 1.165) is 9.90 Å². The molecule has 7 rings (SSSR count). The second kappa shape index (κ2) is 5.25. The highest BCUT2D eigenvalue weighted by molar-refractivity contribution is 6.16. The van der Waals surface area contributed by atoms with Crippen LogP contribution >= 0.6 is 0 Å². The van der Waals surface area contributed by atoms with Gasteiger partial charge in [-0.25, -0.2) is 4.98 Å². The highest BCUT2D eigenvalue weighted by Crippen LogP contribution is 2.29. The Morgan fingerprint density at radius 1 is 0.871 bits per heavy atom. The molecule has 4 heterocycles. The van der Waals surface area contributed by atoms with Gasteiger partial charge in [0.15, 0.2) is 11.3 Å². The minimum atomic E-state index is -0.633. The summed E-state index contributed by atoms with van der Waals surface area (Å²) in [5.74, 6) is -0.725. The number of tetrazole rings is 1. The Morgan fingerprint density at radius 3 is 2.52 bits per heavy atom. The van der Waals surface area contributed by atoms with Gasteiger partial charge in [-0.2, -0.15) is 14.1 Å². The Balaban J connectivity index is 1.78. The van der Waals surface area contributed by atoms with E-state index in [0.29, 0.717) is 27.6 Å². The van der Waals surface area contributed by atoms with Gasteiger partial charge < -0.3 is 5.11 Å². The fourth-order valence-electron chi connectivity index (χ4n) is 4.31. The Hall–Kier alpha value is -4.73. The molecule has 0 unspecified atom stereocenters. The van der Waals surface area contributed by atoms with Crippen LogP contribution in [0.1, 0.15) is 21.6 Å². The lowest BCUT2D eigenvalue weighted by atomic mass is 9.93. The van der Waals surface area contributed by atoms with Crippen molar-refractivity contribution in [2.45, 2.75) is 0 Å². The molecule has 31 heavy (non-hydrogen) atoms. The van der Waals surface area contributed by atoms with Crippen molar-refractivity contribution < 1.29 is 9.90 Å². The summed E-state index contributed by atoms with van der Waals surface area (Å²) < 4.78 is 2.65. The first-order valence-electron chi connectivity index (χ1n) is 9.38. The number of aliphatic hydroxyl groups excluding tert-OH is 1. The van der Waals surface area contributed by atoms with Gasteiger partial charge in [0.05, 0.1) is 10.9 Å². The van der Waals surface area contributed by atoms with E-state index in [1.54, 1.807) is 28.8 Å². The standard InChI is InChI=1S/C21H9N7O3/c29-17-9-5-1-2-6-10(9)18(30)16-13(17)21(31)28-19(22-16)14-15(24-28)11-7-3-4-8-12(11)27-20(14)23-25-26-27/h1-8,29H. The third-order valence-corrected chi connectivity index (χ3v) is 5.68. The monoisotopic (exact) mass is 407 g/mol. The van der Waals surface area contributed by atoms with Crippen molar-refractivity contribution in [1.82, 2.24) is 34.6 Å². The lowest BCUT2D eigenvalue weighted by Gasteiger charge is -2.13. The van der Waals surface area contributed by atoms with Crippen LogP contribution in [0.5, 0.6) is 0 Å². The average Bonchev–Trinajstić information content (AvgIpc) is 3.43. The number of nitrogens with zero attached hydrogens (tertiary/aromatic N) is 7. The second-order valence-electron chi connectivity index (χ2n) is 7.25. The van der Waals surface area contributed by atoms with Crippen molar-refractivity contribution in [1.29, 1.82) is 0 Å². The summed E-state index contributed by atoms with van der Waals surface area (Å²) in [6.07, 6.45) is 0. The van der Waals surface area contributed by atoms with Crippen LogP contribution in [0.25, 0.3) is 38.9 Å². The van der Waals surface area contributed by atoms with Gasteiger partial charge >= 0.3 is 0 Å². The summed E-state index contributed by atoms with van der Waals surface area (Å²) in [6, 6.07) is 14.0. The van der Waals surface area contributed by atoms with Crippen molar-refractivity contribution in [2.75, 3.05) is 0 Å². The second-order valence-corrected chi connectivity index (χ2v) is 7.25. The summed E-state index contributed by atoms with van der Waals surface area (Å²) in [5.41, 5.74) is 1.55. The maximum absolute atomic E-state index is 13.4. The van der Waals surface area contributed by atoms with Gasteiger partial charge in [0.2, 0.25) is 5.78 Å². The van der Waals surface area contributed by atoms with Crippen molar-refractivity contribution in [2.24, 2.45) is 0 Å². The quantitative estimate of drug-likeness (QED) is 0.392. The molecule has 0 spiro atoms. The van der Waals surface area contributed by atoms with E-state index in [1.807, 2.05) is 24.3 Å². The molecule has 0 radical (unpaired) electrons. The Labute approximate surface area is 170 Å². The van der Waals surface area contributed by atoms with Crippen LogP contribution in [0, 0.1) is 0 Å². The van der Waals surface area contributed by atoms with E-state index in [2.05, 4.69) is 25.6 Å². The first-order valence-corrected chi connectivity index (χ1v) is 9.38. The zero-order valence-corrected chi connectivity index (χ0v) is 15.5. The lowest BCUT2D eigenvalue weighted by Crippen LogP contribution is -2.42. The van der Waals surface area contributed by atoms with Crippen LogP contribution in [0.3, 0.4) is 0 Å². The molecule has 10 heteroatoms. The topological polar surface area (TPSA) is 128 Å². The molecule has 0 amide bonds. The van der Waals surface area contributed by atoms with Gasteiger partial charge in [0.25, 0.3) is 5.56 Å². The normalized spacial score (nSPS) is 13.4. The summed E-state index contributed by atoms with van der Waals surface area (Å²) >= 11 is 0. The molecule has 0 saturated heterocycles. The van der Waals surface area contributed by atoms with Crippen LogP contribution in [-0.4, -0.2) is 45.5 Å². The SMILES string of the molecule is O=C1c2ccccc2C(O)=c2c1nc1c3c(nn1c2=O)c1ccccc1n1nnnc31. The molecule has 2 aromatic carbocycles. The number of fused-ring (bicyclic) bond motifs is 10. The number of carbonyl (C=O) groups excluding carboxylic acids is 1. The Morgan fingerprint density at radius 2 is 1.65 bits per heavy atom. The number of para-hydroxylation sites is 1. The largest absolute Gasteiger partial charge is 0.506 e. The van der Waals surface area contributed by atoms with Crippen LogP contribution in [0.4, 0.5) is 0 Å². The first kappa shape index (κ1) is 16.1. The van der Waals surface area contributed by atoms with E-state index >= 15 is 0 Å². The summed E-state index contributed by atoms with van der Waals surface area (Å²) in [7, 11) is 0. The van der Waals surface area contributed by atoms with Gasteiger partial charge in [0, 0.05) is 16.5 Å². The van der Waals surface area contributed by atoms with Crippen molar-refractivity contribution in [3.8, 4) is 0 Å². The van der Waals surface area contributed by atoms with Gasteiger partial charge in [-0.3, -0.25) is 9.59 Å². The summed E-state index contributed by atoms with van der Waals surface area (Å²) in [5, 5.41) is 28.2.